The fraction of sp³-hybridized carbons (Fsp3) is 0.500. The van der Waals surface area contributed by atoms with Crippen molar-refractivity contribution in [3.05, 3.63) is 24.2 Å². The van der Waals surface area contributed by atoms with Gasteiger partial charge >= 0.3 is 5.97 Å². The van der Waals surface area contributed by atoms with Crippen molar-refractivity contribution < 1.29 is 14.3 Å². The van der Waals surface area contributed by atoms with Gasteiger partial charge in [-0.3, -0.25) is 0 Å². The van der Waals surface area contributed by atoms with Crippen LogP contribution in [0, 0.1) is 6.92 Å². The molecule has 0 aliphatic heterocycles. The van der Waals surface area contributed by atoms with Gasteiger partial charge in [0.15, 0.2) is 5.69 Å². The van der Waals surface area contributed by atoms with Gasteiger partial charge in [-0.25, -0.2) is 9.78 Å². The fourth-order valence-electron chi connectivity index (χ4n) is 1.60. The molecule has 0 bridgehead atoms. The second kappa shape index (κ2) is 6.20. The number of ether oxygens (including phenoxy) is 2. The summed E-state index contributed by atoms with van der Waals surface area (Å²) in [6.07, 6.45) is 1.63. The third-order valence-corrected chi connectivity index (χ3v) is 2.51. The summed E-state index contributed by atoms with van der Waals surface area (Å²) in [5, 5.41) is 0. The summed E-state index contributed by atoms with van der Waals surface area (Å²) in [7, 11) is 1.30. The lowest BCUT2D eigenvalue weighted by Crippen LogP contribution is -2.19. The van der Waals surface area contributed by atoms with Crippen LogP contribution in [0.2, 0.25) is 0 Å². The molecule has 0 fully saturated rings. The van der Waals surface area contributed by atoms with E-state index in [1.807, 2.05) is 6.92 Å². The molecule has 1 rings (SSSR count). The van der Waals surface area contributed by atoms with Gasteiger partial charge in [-0.15, -0.1) is 6.58 Å². The minimum absolute atomic E-state index is 0.0521. The highest BCUT2D eigenvalue weighted by Gasteiger charge is 2.20. The molecule has 0 spiro atoms. The highest BCUT2D eigenvalue weighted by atomic mass is 16.5. The summed E-state index contributed by atoms with van der Waals surface area (Å²) in [6.45, 7) is 8.28. The topological polar surface area (TPSA) is 79.4 Å². The lowest BCUT2D eigenvalue weighted by Gasteiger charge is -2.14. The molecular weight excluding hydrogens is 234 g/mol. The van der Waals surface area contributed by atoms with Gasteiger partial charge in [0.05, 0.1) is 26.4 Å². The van der Waals surface area contributed by atoms with E-state index in [2.05, 4.69) is 16.3 Å². The Kier molecular flexibility index (Phi) is 4.91. The second-order valence-electron chi connectivity index (χ2n) is 3.93. The number of aromatic nitrogens is 2. The number of nitrogen functional groups attached to an aromatic ring is 1. The average Bonchev–Trinajstić information content (AvgIpc) is 2.63. The molecule has 2 N–H and O–H groups in total. The zero-order valence-corrected chi connectivity index (χ0v) is 11.0. The summed E-state index contributed by atoms with van der Waals surface area (Å²) in [4.78, 5) is 15.5. The maximum absolute atomic E-state index is 11.4. The van der Waals surface area contributed by atoms with Gasteiger partial charge in [-0.1, -0.05) is 6.08 Å². The van der Waals surface area contributed by atoms with Crippen LogP contribution in [-0.2, 0) is 16.0 Å². The van der Waals surface area contributed by atoms with Crippen molar-refractivity contribution in [3.63, 3.8) is 0 Å². The molecule has 1 atom stereocenters. The largest absolute Gasteiger partial charge is 0.464 e. The molecule has 0 radical (unpaired) electrons. The molecular formula is C12H19N3O3. The Bertz CT molecular complexity index is 440. The molecule has 0 aliphatic carbocycles. The van der Waals surface area contributed by atoms with E-state index in [0.717, 1.165) is 0 Å². The van der Waals surface area contributed by atoms with Gasteiger partial charge in [-0.2, -0.15) is 0 Å². The van der Waals surface area contributed by atoms with E-state index in [-0.39, 0.29) is 11.8 Å². The van der Waals surface area contributed by atoms with Gasteiger partial charge in [0.25, 0.3) is 0 Å². The Hall–Kier alpha value is -1.82. The first kappa shape index (κ1) is 14.2. The Morgan fingerprint density at radius 2 is 2.33 bits per heavy atom. The van der Waals surface area contributed by atoms with Crippen molar-refractivity contribution in [1.29, 1.82) is 0 Å². The smallest absolute Gasteiger partial charge is 0.360 e. The van der Waals surface area contributed by atoms with E-state index in [4.69, 9.17) is 10.5 Å². The quantitative estimate of drug-likeness (QED) is 0.607. The molecule has 100 valence electrons. The van der Waals surface area contributed by atoms with Crippen LogP contribution in [-0.4, -0.2) is 35.3 Å². The first-order chi connectivity index (χ1) is 8.51. The van der Waals surface area contributed by atoms with Gasteiger partial charge in [0.2, 0.25) is 0 Å². The maximum atomic E-state index is 11.4. The first-order valence-corrected chi connectivity index (χ1v) is 5.64. The molecule has 0 saturated heterocycles. The van der Waals surface area contributed by atoms with Gasteiger partial charge in [0, 0.05) is 0 Å². The third kappa shape index (κ3) is 3.10. The van der Waals surface area contributed by atoms with Gasteiger partial charge in [0.1, 0.15) is 11.6 Å². The van der Waals surface area contributed by atoms with Crippen LogP contribution < -0.4 is 5.73 Å². The highest BCUT2D eigenvalue weighted by molar-refractivity contribution is 5.92. The number of carbonyl (C=O) groups is 1. The van der Waals surface area contributed by atoms with Crippen molar-refractivity contribution in [2.45, 2.75) is 26.5 Å². The SMILES string of the molecule is C=CCOC(C)Cn1c(C)nc(C(=O)OC)c1N. The van der Waals surface area contributed by atoms with Crippen molar-refractivity contribution >= 4 is 11.8 Å². The normalized spacial score (nSPS) is 12.2. The van der Waals surface area contributed by atoms with E-state index in [9.17, 15) is 4.79 Å². The molecule has 0 aliphatic rings. The van der Waals surface area contributed by atoms with Crippen molar-refractivity contribution in [2.24, 2.45) is 0 Å². The number of nitrogens with two attached hydrogens (primary N) is 1. The minimum atomic E-state index is -0.533. The van der Waals surface area contributed by atoms with Crippen molar-refractivity contribution in [1.82, 2.24) is 9.55 Å². The van der Waals surface area contributed by atoms with Crippen molar-refractivity contribution in [2.75, 3.05) is 19.5 Å². The molecule has 0 saturated carbocycles. The number of carbonyl (C=O) groups excluding carboxylic acids is 1. The maximum Gasteiger partial charge on any atom is 0.360 e. The molecule has 1 heterocycles. The molecule has 6 nitrogen and oxygen atoms in total. The molecule has 1 aromatic heterocycles. The first-order valence-electron chi connectivity index (χ1n) is 5.64. The Morgan fingerprint density at radius 3 is 2.89 bits per heavy atom. The lowest BCUT2D eigenvalue weighted by atomic mass is 10.3. The molecule has 1 unspecified atom stereocenters. The van der Waals surface area contributed by atoms with Crippen LogP contribution in [0.1, 0.15) is 23.2 Å². The summed E-state index contributed by atoms with van der Waals surface area (Å²) >= 11 is 0. The second-order valence-corrected chi connectivity index (χ2v) is 3.93. The molecule has 0 aromatic carbocycles. The number of imidazole rings is 1. The van der Waals surface area contributed by atoms with E-state index in [1.54, 1.807) is 17.6 Å². The lowest BCUT2D eigenvalue weighted by molar-refractivity contribution is 0.0594. The molecule has 6 heteroatoms. The van der Waals surface area contributed by atoms with Crippen molar-refractivity contribution in [3.8, 4) is 0 Å². The Morgan fingerprint density at radius 1 is 1.67 bits per heavy atom. The highest BCUT2D eigenvalue weighted by Crippen LogP contribution is 2.16. The molecule has 1 aromatic rings. The standard InChI is InChI=1S/C12H19N3O3/c1-5-6-18-8(2)7-15-9(3)14-10(11(15)13)12(16)17-4/h5,8H,1,6-7,13H2,2-4H3. The predicted molar refractivity (Wildman–Crippen MR) is 68.3 cm³/mol. The van der Waals surface area contributed by atoms with Crippen LogP contribution >= 0.6 is 0 Å². The fourth-order valence-corrected chi connectivity index (χ4v) is 1.60. The molecule has 0 amide bonds. The summed E-state index contributed by atoms with van der Waals surface area (Å²) in [5.41, 5.74) is 6.03. The summed E-state index contributed by atoms with van der Waals surface area (Å²) in [6, 6.07) is 0. The Labute approximate surface area is 106 Å². The van der Waals surface area contributed by atoms with Crippen LogP contribution in [0.25, 0.3) is 0 Å². The number of aryl methyl sites for hydroxylation is 1. The summed E-state index contributed by atoms with van der Waals surface area (Å²) < 4.78 is 11.8. The summed E-state index contributed by atoms with van der Waals surface area (Å²) in [5.74, 6) is 0.421. The van der Waals surface area contributed by atoms with Crippen LogP contribution in [0.5, 0.6) is 0 Å². The third-order valence-electron chi connectivity index (χ3n) is 2.51. The molecule has 18 heavy (non-hydrogen) atoms. The zero-order valence-electron chi connectivity index (χ0n) is 11.0. The number of anilines is 1. The van der Waals surface area contributed by atoms with E-state index < -0.39 is 5.97 Å². The van der Waals surface area contributed by atoms with Gasteiger partial charge < -0.3 is 19.8 Å². The number of methoxy groups -OCH3 is 1. The van der Waals surface area contributed by atoms with Crippen LogP contribution in [0.15, 0.2) is 12.7 Å². The van der Waals surface area contributed by atoms with Crippen LogP contribution in [0.3, 0.4) is 0 Å². The monoisotopic (exact) mass is 253 g/mol. The average molecular weight is 253 g/mol. The van der Waals surface area contributed by atoms with Crippen LogP contribution in [0.4, 0.5) is 5.82 Å². The van der Waals surface area contributed by atoms with E-state index in [0.29, 0.717) is 24.8 Å². The van der Waals surface area contributed by atoms with Gasteiger partial charge in [-0.05, 0) is 13.8 Å². The predicted octanol–water partition coefficient (Wildman–Crippen LogP) is 1.15. The number of nitrogens with zero attached hydrogens (tertiary/aromatic N) is 2. The minimum Gasteiger partial charge on any atom is -0.464 e. The van der Waals surface area contributed by atoms with E-state index >= 15 is 0 Å². The number of rotatable bonds is 6. The number of hydrogen-bond donors (Lipinski definition) is 1. The number of esters is 1. The van der Waals surface area contributed by atoms with E-state index in [1.165, 1.54) is 7.11 Å². The zero-order chi connectivity index (χ0) is 13.7. The Balaban J connectivity index is 2.86. The number of hydrogen-bond acceptors (Lipinski definition) is 5.